The quantitative estimate of drug-likeness (QED) is 0.741. The van der Waals surface area contributed by atoms with Crippen LogP contribution in [0.1, 0.15) is 25.1 Å². The molecule has 0 aliphatic heterocycles. The van der Waals surface area contributed by atoms with Crippen molar-refractivity contribution < 1.29 is 18.8 Å². The third kappa shape index (κ3) is 4.97. The van der Waals surface area contributed by atoms with Crippen LogP contribution in [0, 0.1) is 13.8 Å². The van der Waals surface area contributed by atoms with Crippen molar-refractivity contribution in [2.75, 3.05) is 22.6 Å². The maximum Gasteiger partial charge on any atom is 0.411 e. The number of hydrogen-bond acceptors (Lipinski definition) is 6. The Morgan fingerprint density at radius 2 is 1.96 bits per heavy atom. The summed E-state index contributed by atoms with van der Waals surface area (Å²) in [5.41, 5.74) is 2.82. The SMILES string of the molecule is CCOC(=O)Nc1cccc(NC(C)C(=O)Nc2cc(C)no2)c1C. The number of nitrogens with one attached hydrogen (secondary N) is 3. The number of hydrogen-bond donors (Lipinski definition) is 3. The topological polar surface area (TPSA) is 105 Å². The van der Waals surface area contributed by atoms with Gasteiger partial charge in [0.15, 0.2) is 0 Å². The highest BCUT2D eigenvalue weighted by Crippen LogP contribution is 2.24. The molecule has 8 nitrogen and oxygen atoms in total. The van der Waals surface area contributed by atoms with Gasteiger partial charge in [0.05, 0.1) is 12.3 Å². The molecule has 1 heterocycles. The maximum absolute atomic E-state index is 12.2. The third-order valence-electron chi connectivity index (χ3n) is 3.49. The number of nitrogens with zero attached hydrogens (tertiary/aromatic N) is 1. The number of benzene rings is 1. The molecular weight excluding hydrogens is 324 g/mol. The van der Waals surface area contributed by atoms with E-state index in [1.54, 1.807) is 39.0 Å². The lowest BCUT2D eigenvalue weighted by Gasteiger charge is -2.18. The van der Waals surface area contributed by atoms with Gasteiger partial charge >= 0.3 is 6.09 Å². The lowest BCUT2D eigenvalue weighted by Crippen LogP contribution is -2.32. The van der Waals surface area contributed by atoms with Crippen LogP contribution in [0.4, 0.5) is 22.1 Å². The van der Waals surface area contributed by atoms with Crippen LogP contribution >= 0.6 is 0 Å². The molecule has 25 heavy (non-hydrogen) atoms. The van der Waals surface area contributed by atoms with Gasteiger partial charge in [-0.05, 0) is 45.4 Å². The third-order valence-corrected chi connectivity index (χ3v) is 3.49. The van der Waals surface area contributed by atoms with Crippen LogP contribution in [-0.2, 0) is 9.53 Å². The molecule has 2 amide bonds. The second-order valence-corrected chi connectivity index (χ2v) is 5.51. The number of aromatic nitrogens is 1. The van der Waals surface area contributed by atoms with Crippen molar-refractivity contribution in [1.82, 2.24) is 5.16 Å². The summed E-state index contributed by atoms with van der Waals surface area (Å²) >= 11 is 0. The Morgan fingerprint density at radius 1 is 1.24 bits per heavy atom. The molecule has 0 fully saturated rings. The van der Waals surface area contributed by atoms with Crippen molar-refractivity contribution in [1.29, 1.82) is 0 Å². The average Bonchev–Trinajstić information content (AvgIpc) is 2.96. The smallest absolute Gasteiger partial charge is 0.411 e. The van der Waals surface area contributed by atoms with E-state index in [-0.39, 0.29) is 5.91 Å². The summed E-state index contributed by atoms with van der Waals surface area (Å²) in [6.45, 7) is 7.37. The van der Waals surface area contributed by atoms with Crippen LogP contribution in [-0.4, -0.2) is 29.8 Å². The molecule has 0 saturated heterocycles. The van der Waals surface area contributed by atoms with Gasteiger partial charge in [-0.25, -0.2) is 4.79 Å². The van der Waals surface area contributed by atoms with Crippen LogP contribution in [0.25, 0.3) is 0 Å². The van der Waals surface area contributed by atoms with Gasteiger partial charge < -0.3 is 14.6 Å². The maximum atomic E-state index is 12.2. The zero-order valence-corrected chi connectivity index (χ0v) is 14.7. The number of amides is 2. The van der Waals surface area contributed by atoms with Crippen molar-refractivity contribution in [2.45, 2.75) is 33.7 Å². The van der Waals surface area contributed by atoms with Gasteiger partial charge in [-0.3, -0.25) is 15.4 Å². The zero-order valence-electron chi connectivity index (χ0n) is 14.7. The Morgan fingerprint density at radius 3 is 2.60 bits per heavy atom. The summed E-state index contributed by atoms with van der Waals surface area (Å²) < 4.78 is 9.85. The number of anilines is 3. The summed E-state index contributed by atoms with van der Waals surface area (Å²) in [7, 11) is 0. The molecule has 134 valence electrons. The summed E-state index contributed by atoms with van der Waals surface area (Å²) in [4.78, 5) is 23.8. The van der Waals surface area contributed by atoms with E-state index >= 15 is 0 Å². The minimum atomic E-state index is -0.526. The Bertz CT molecular complexity index is 757. The van der Waals surface area contributed by atoms with Crippen LogP contribution < -0.4 is 16.0 Å². The Balaban J connectivity index is 2.03. The predicted octanol–water partition coefficient (Wildman–Crippen LogP) is 3.30. The molecule has 2 aromatic rings. The molecule has 0 aliphatic rings. The fraction of sp³-hybridized carbons (Fsp3) is 0.353. The Kier molecular flexibility index (Phi) is 5.99. The van der Waals surface area contributed by atoms with Crippen molar-refractivity contribution >= 4 is 29.3 Å². The minimum absolute atomic E-state index is 0.265. The monoisotopic (exact) mass is 346 g/mol. The van der Waals surface area contributed by atoms with E-state index in [9.17, 15) is 9.59 Å². The highest BCUT2D eigenvalue weighted by atomic mass is 16.5. The van der Waals surface area contributed by atoms with Crippen molar-refractivity contribution in [3.63, 3.8) is 0 Å². The lowest BCUT2D eigenvalue weighted by atomic mass is 10.1. The number of rotatable bonds is 6. The van der Waals surface area contributed by atoms with Gasteiger partial charge in [-0.1, -0.05) is 11.2 Å². The first-order chi connectivity index (χ1) is 11.9. The second kappa shape index (κ2) is 8.18. The Hall–Kier alpha value is -3.03. The van der Waals surface area contributed by atoms with E-state index < -0.39 is 12.1 Å². The molecule has 1 unspecified atom stereocenters. The molecule has 0 aliphatic carbocycles. The lowest BCUT2D eigenvalue weighted by molar-refractivity contribution is -0.116. The summed E-state index contributed by atoms with van der Waals surface area (Å²) in [6, 6.07) is 6.48. The van der Waals surface area contributed by atoms with Crippen LogP contribution in [0.3, 0.4) is 0 Å². The van der Waals surface area contributed by atoms with Crippen molar-refractivity contribution in [3.05, 3.63) is 35.5 Å². The molecule has 0 saturated carbocycles. The van der Waals surface area contributed by atoms with Crippen LogP contribution in [0.2, 0.25) is 0 Å². The molecule has 8 heteroatoms. The largest absolute Gasteiger partial charge is 0.450 e. The van der Waals surface area contributed by atoms with E-state index in [1.807, 2.05) is 13.0 Å². The second-order valence-electron chi connectivity index (χ2n) is 5.51. The number of carbonyl (C=O) groups excluding carboxylic acids is 2. The van der Waals surface area contributed by atoms with Gasteiger partial charge in [0, 0.05) is 17.4 Å². The molecule has 3 N–H and O–H groups in total. The number of aryl methyl sites for hydroxylation is 1. The van der Waals surface area contributed by atoms with E-state index in [4.69, 9.17) is 9.26 Å². The van der Waals surface area contributed by atoms with Gasteiger partial charge in [-0.15, -0.1) is 0 Å². The highest BCUT2D eigenvalue weighted by molar-refractivity contribution is 5.95. The first-order valence-corrected chi connectivity index (χ1v) is 7.94. The molecule has 1 atom stereocenters. The standard InChI is InChI=1S/C17H22N4O4/c1-5-24-17(23)19-14-8-6-7-13(11(14)3)18-12(4)16(22)20-15-9-10(2)21-25-15/h6-9,12,18H,5H2,1-4H3,(H,19,23)(H,20,22). The number of ether oxygens (including phenoxy) is 1. The molecule has 2 rings (SSSR count). The normalized spacial score (nSPS) is 11.5. The van der Waals surface area contributed by atoms with Gasteiger partial charge in [0.25, 0.3) is 0 Å². The minimum Gasteiger partial charge on any atom is -0.450 e. The fourth-order valence-electron chi connectivity index (χ4n) is 2.16. The molecule has 0 bridgehead atoms. The summed E-state index contributed by atoms with van der Waals surface area (Å²) in [6.07, 6.45) is -0.519. The van der Waals surface area contributed by atoms with Gasteiger partial charge in [0.2, 0.25) is 11.8 Å². The molecular formula is C17H22N4O4. The van der Waals surface area contributed by atoms with E-state index in [1.165, 1.54) is 0 Å². The summed E-state index contributed by atoms with van der Waals surface area (Å²) in [5, 5.41) is 12.2. The summed E-state index contributed by atoms with van der Waals surface area (Å²) in [5.74, 6) is 0.0323. The van der Waals surface area contributed by atoms with Gasteiger partial charge in [0.1, 0.15) is 6.04 Å². The van der Waals surface area contributed by atoms with E-state index in [0.29, 0.717) is 23.9 Å². The first kappa shape index (κ1) is 18.3. The predicted molar refractivity (Wildman–Crippen MR) is 94.8 cm³/mol. The van der Waals surface area contributed by atoms with Crippen molar-refractivity contribution in [2.24, 2.45) is 0 Å². The van der Waals surface area contributed by atoms with Crippen LogP contribution in [0.15, 0.2) is 28.8 Å². The number of carbonyl (C=O) groups is 2. The highest BCUT2D eigenvalue weighted by Gasteiger charge is 2.16. The molecule has 1 aromatic carbocycles. The van der Waals surface area contributed by atoms with E-state index in [0.717, 1.165) is 11.3 Å². The first-order valence-electron chi connectivity index (χ1n) is 7.94. The molecule has 1 aromatic heterocycles. The zero-order chi connectivity index (χ0) is 18.4. The molecule has 0 radical (unpaired) electrons. The van der Waals surface area contributed by atoms with Crippen molar-refractivity contribution in [3.8, 4) is 0 Å². The van der Waals surface area contributed by atoms with Gasteiger partial charge in [-0.2, -0.15) is 0 Å². The van der Waals surface area contributed by atoms with E-state index in [2.05, 4.69) is 21.1 Å². The van der Waals surface area contributed by atoms with Crippen LogP contribution in [0.5, 0.6) is 0 Å². The molecule has 0 spiro atoms. The average molecular weight is 346 g/mol. The Labute approximate surface area is 145 Å². The fourth-order valence-corrected chi connectivity index (χ4v) is 2.16.